The zero-order valence-electron chi connectivity index (χ0n) is 16.9. The standard InChI is InChI=1S/C23H27ClN4O/c1-3-27-22(20(24)23(29)28(27)19-7-5-4-6-8-19)21(26-15-13-25-14-16-26)18-11-9-17(2)10-12-18/h4-12,21,25H,3,13-16H2,1-2H3. The molecule has 0 aliphatic carbocycles. The molecule has 2 aromatic carbocycles. The maximum atomic E-state index is 13.2. The Balaban J connectivity index is 1.93. The van der Waals surface area contributed by atoms with E-state index in [4.69, 9.17) is 11.6 Å². The van der Waals surface area contributed by atoms with Crippen molar-refractivity contribution in [1.82, 2.24) is 19.6 Å². The van der Waals surface area contributed by atoms with Crippen LogP contribution in [0.4, 0.5) is 0 Å². The van der Waals surface area contributed by atoms with E-state index in [9.17, 15) is 4.79 Å². The first-order chi connectivity index (χ1) is 14.1. The van der Waals surface area contributed by atoms with Gasteiger partial charge in [-0.2, -0.15) is 0 Å². The van der Waals surface area contributed by atoms with Gasteiger partial charge in [0.05, 0.1) is 17.4 Å². The second kappa shape index (κ2) is 8.57. The van der Waals surface area contributed by atoms with Crippen molar-refractivity contribution >= 4 is 11.6 Å². The van der Waals surface area contributed by atoms with Crippen LogP contribution in [0.5, 0.6) is 0 Å². The van der Waals surface area contributed by atoms with Crippen molar-refractivity contribution in [2.24, 2.45) is 0 Å². The molecule has 1 atom stereocenters. The van der Waals surface area contributed by atoms with Gasteiger partial charge in [0.25, 0.3) is 5.56 Å². The lowest BCUT2D eigenvalue weighted by Crippen LogP contribution is -2.46. The molecule has 0 amide bonds. The molecule has 152 valence electrons. The monoisotopic (exact) mass is 410 g/mol. The number of aryl methyl sites for hydroxylation is 1. The first-order valence-electron chi connectivity index (χ1n) is 10.2. The van der Waals surface area contributed by atoms with Gasteiger partial charge in [0.1, 0.15) is 5.02 Å². The van der Waals surface area contributed by atoms with Crippen LogP contribution in [0.2, 0.25) is 5.02 Å². The minimum absolute atomic E-state index is 0.0668. The maximum Gasteiger partial charge on any atom is 0.290 e. The van der Waals surface area contributed by atoms with Gasteiger partial charge in [-0.3, -0.25) is 14.4 Å². The molecule has 1 unspecified atom stereocenters. The average molecular weight is 411 g/mol. The lowest BCUT2D eigenvalue weighted by molar-refractivity contribution is 0.190. The maximum absolute atomic E-state index is 13.2. The molecule has 5 nitrogen and oxygen atoms in total. The van der Waals surface area contributed by atoms with Gasteiger partial charge in [-0.05, 0) is 31.5 Å². The topological polar surface area (TPSA) is 42.2 Å². The third-order valence-electron chi connectivity index (χ3n) is 5.59. The lowest BCUT2D eigenvalue weighted by atomic mass is 9.99. The molecular weight excluding hydrogens is 384 g/mol. The fourth-order valence-electron chi connectivity index (χ4n) is 4.16. The summed E-state index contributed by atoms with van der Waals surface area (Å²) < 4.78 is 3.74. The summed E-state index contributed by atoms with van der Waals surface area (Å²) in [6.45, 7) is 8.46. The van der Waals surface area contributed by atoms with Crippen molar-refractivity contribution in [1.29, 1.82) is 0 Å². The van der Waals surface area contributed by atoms with E-state index in [1.807, 2.05) is 35.0 Å². The van der Waals surface area contributed by atoms with E-state index in [1.165, 1.54) is 5.56 Å². The van der Waals surface area contributed by atoms with Gasteiger partial charge in [0, 0.05) is 32.7 Å². The minimum Gasteiger partial charge on any atom is -0.314 e. The number of nitrogens with zero attached hydrogens (tertiary/aromatic N) is 3. The third kappa shape index (κ3) is 3.78. The number of piperazine rings is 1. The van der Waals surface area contributed by atoms with Gasteiger partial charge in [-0.15, -0.1) is 0 Å². The Hall–Kier alpha value is -2.34. The van der Waals surface area contributed by atoms with Crippen LogP contribution in [-0.4, -0.2) is 40.4 Å². The van der Waals surface area contributed by atoms with E-state index in [2.05, 4.69) is 48.3 Å². The molecule has 1 aromatic heterocycles. The molecule has 3 aromatic rings. The number of rotatable bonds is 5. The van der Waals surface area contributed by atoms with E-state index >= 15 is 0 Å². The number of benzene rings is 2. The Morgan fingerprint density at radius 3 is 2.31 bits per heavy atom. The van der Waals surface area contributed by atoms with Crippen LogP contribution in [0.15, 0.2) is 59.4 Å². The molecule has 0 spiro atoms. The molecule has 1 aliphatic heterocycles. The number of para-hydroxylation sites is 1. The smallest absolute Gasteiger partial charge is 0.290 e. The predicted molar refractivity (Wildman–Crippen MR) is 118 cm³/mol. The summed E-state index contributed by atoms with van der Waals surface area (Å²) in [5, 5.41) is 3.72. The van der Waals surface area contributed by atoms with Crippen LogP contribution >= 0.6 is 11.6 Å². The Morgan fingerprint density at radius 2 is 1.69 bits per heavy atom. The second-order valence-electron chi connectivity index (χ2n) is 7.47. The Kier molecular flexibility index (Phi) is 5.90. The second-order valence-corrected chi connectivity index (χ2v) is 7.84. The highest BCUT2D eigenvalue weighted by Crippen LogP contribution is 2.33. The first kappa shape index (κ1) is 20.0. The van der Waals surface area contributed by atoms with Crippen molar-refractivity contribution in [3.8, 4) is 5.69 Å². The molecule has 1 saturated heterocycles. The summed E-state index contributed by atoms with van der Waals surface area (Å²) in [4.78, 5) is 15.6. The fraction of sp³-hybridized carbons (Fsp3) is 0.348. The number of hydrogen-bond acceptors (Lipinski definition) is 3. The summed E-state index contributed by atoms with van der Waals surface area (Å²) in [5.41, 5.74) is 3.91. The quantitative estimate of drug-likeness (QED) is 0.698. The molecule has 29 heavy (non-hydrogen) atoms. The van der Waals surface area contributed by atoms with Gasteiger partial charge < -0.3 is 5.32 Å². The van der Waals surface area contributed by atoms with Crippen molar-refractivity contribution in [3.63, 3.8) is 0 Å². The summed E-state index contributed by atoms with van der Waals surface area (Å²) in [5.74, 6) is 0. The molecular formula is C23H27ClN4O. The van der Waals surface area contributed by atoms with Crippen LogP contribution in [0, 0.1) is 6.92 Å². The van der Waals surface area contributed by atoms with Crippen LogP contribution < -0.4 is 10.9 Å². The summed E-state index contributed by atoms with van der Waals surface area (Å²) in [6.07, 6.45) is 0. The van der Waals surface area contributed by atoms with E-state index in [-0.39, 0.29) is 11.6 Å². The fourth-order valence-corrected chi connectivity index (χ4v) is 4.44. The van der Waals surface area contributed by atoms with Crippen LogP contribution in [-0.2, 0) is 6.54 Å². The highest BCUT2D eigenvalue weighted by atomic mass is 35.5. The van der Waals surface area contributed by atoms with Crippen LogP contribution in [0.25, 0.3) is 5.69 Å². The van der Waals surface area contributed by atoms with Crippen molar-refractivity contribution in [2.75, 3.05) is 26.2 Å². The molecule has 0 bridgehead atoms. The Bertz CT molecular complexity index is 1020. The van der Waals surface area contributed by atoms with Gasteiger partial charge in [0.2, 0.25) is 0 Å². The van der Waals surface area contributed by atoms with E-state index in [1.54, 1.807) is 4.68 Å². The molecule has 1 aliphatic rings. The van der Waals surface area contributed by atoms with Crippen LogP contribution in [0.3, 0.4) is 0 Å². The van der Waals surface area contributed by atoms with E-state index in [0.29, 0.717) is 11.6 Å². The molecule has 4 rings (SSSR count). The molecule has 2 heterocycles. The highest BCUT2D eigenvalue weighted by Gasteiger charge is 2.32. The van der Waals surface area contributed by atoms with E-state index < -0.39 is 0 Å². The number of hydrogen-bond donors (Lipinski definition) is 1. The number of nitrogens with one attached hydrogen (secondary N) is 1. The molecule has 0 radical (unpaired) electrons. The van der Waals surface area contributed by atoms with Gasteiger partial charge >= 0.3 is 0 Å². The molecule has 0 saturated carbocycles. The zero-order chi connectivity index (χ0) is 20.4. The highest BCUT2D eigenvalue weighted by molar-refractivity contribution is 6.31. The van der Waals surface area contributed by atoms with Gasteiger partial charge in [0.15, 0.2) is 0 Å². The molecule has 1 N–H and O–H groups in total. The van der Waals surface area contributed by atoms with Crippen LogP contribution in [0.1, 0.15) is 29.8 Å². The predicted octanol–water partition coefficient (Wildman–Crippen LogP) is 3.62. The van der Waals surface area contributed by atoms with Crippen molar-refractivity contribution < 1.29 is 0 Å². The number of halogens is 1. The van der Waals surface area contributed by atoms with Crippen molar-refractivity contribution in [3.05, 3.63) is 86.8 Å². The zero-order valence-corrected chi connectivity index (χ0v) is 17.7. The number of aromatic nitrogens is 2. The summed E-state index contributed by atoms with van der Waals surface area (Å²) in [7, 11) is 0. The Morgan fingerprint density at radius 1 is 1.03 bits per heavy atom. The summed E-state index contributed by atoms with van der Waals surface area (Å²) in [6, 6.07) is 18.2. The summed E-state index contributed by atoms with van der Waals surface area (Å²) >= 11 is 6.75. The largest absolute Gasteiger partial charge is 0.314 e. The van der Waals surface area contributed by atoms with Crippen molar-refractivity contribution in [2.45, 2.75) is 26.4 Å². The third-order valence-corrected chi connectivity index (χ3v) is 5.95. The lowest BCUT2D eigenvalue weighted by Gasteiger charge is -2.36. The van der Waals surface area contributed by atoms with Gasteiger partial charge in [-0.1, -0.05) is 59.6 Å². The Labute approximate surface area is 176 Å². The average Bonchev–Trinajstić information content (AvgIpc) is 3.01. The first-order valence-corrected chi connectivity index (χ1v) is 10.6. The SMILES string of the molecule is CCn1c(C(c2ccc(C)cc2)N2CCNCC2)c(Cl)c(=O)n1-c1ccccc1. The van der Waals surface area contributed by atoms with Gasteiger partial charge in [-0.25, -0.2) is 4.68 Å². The minimum atomic E-state index is -0.165. The normalized spacial score (nSPS) is 16.1. The van der Waals surface area contributed by atoms with E-state index in [0.717, 1.165) is 43.1 Å². The molecule has 1 fully saturated rings. The molecule has 6 heteroatoms.